The Labute approximate surface area is 192 Å². The fourth-order valence-corrected chi connectivity index (χ4v) is 5.42. The van der Waals surface area contributed by atoms with Gasteiger partial charge < -0.3 is 14.2 Å². The largest absolute Gasteiger partial charge is 0.493 e. The average molecular weight is 475 g/mol. The third-order valence-electron chi connectivity index (χ3n) is 5.59. The Morgan fingerprint density at radius 3 is 2.44 bits per heavy atom. The first-order valence-corrected chi connectivity index (χ1v) is 12.6. The van der Waals surface area contributed by atoms with Crippen LogP contribution in [-0.4, -0.2) is 47.2 Å². The minimum absolute atomic E-state index is 0.0691. The van der Waals surface area contributed by atoms with Crippen LogP contribution in [0.4, 0.5) is 0 Å². The molecule has 32 heavy (non-hydrogen) atoms. The summed E-state index contributed by atoms with van der Waals surface area (Å²) in [5.41, 5.74) is 2.48. The minimum Gasteiger partial charge on any atom is -0.493 e. The molecule has 1 atom stereocenters. The summed E-state index contributed by atoms with van der Waals surface area (Å²) in [7, 11) is -0.402. The molecule has 4 rings (SSSR count). The molecule has 2 heterocycles. The van der Waals surface area contributed by atoms with Gasteiger partial charge >= 0.3 is 0 Å². The molecule has 9 heteroatoms. The summed E-state index contributed by atoms with van der Waals surface area (Å²) in [6, 6.07) is 14.6. The van der Waals surface area contributed by atoms with Gasteiger partial charge in [-0.25, -0.2) is 13.6 Å². The molecule has 1 aliphatic rings. The van der Waals surface area contributed by atoms with Crippen molar-refractivity contribution in [3.63, 3.8) is 0 Å². The van der Waals surface area contributed by atoms with Gasteiger partial charge in [0.1, 0.15) is 12.4 Å². The number of nitrogens with two attached hydrogens (primary N) is 1. The van der Waals surface area contributed by atoms with Gasteiger partial charge in [-0.05, 0) is 65.4 Å². The van der Waals surface area contributed by atoms with E-state index in [1.807, 2.05) is 0 Å². The van der Waals surface area contributed by atoms with E-state index >= 15 is 0 Å². The molecule has 2 aromatic carbocycles. The number of hydrogen-bond acceptors (Lipinski definition) is 7. The predicted molar refractivity (Wildman–Crippen MR) is 124 cm³/mol. The van der Waals surface area contributed by atoms with E-state index in [-0.39, 0.29) is 10.9 Å². The van der Waals surface area contributed by atoms with Crippen molar-refractivity contribution in [3.8, 4) is 17.2 Å². The van der Waals surface area contributed by atoms with E-state index in [4.69, 9.17) is 19.3 Å². The lowest BCUT2D eigenvalue weighted by atomic mass is 9.91. The zero-order valence-electron chi connectivity index (χ0n) is 18.0. The van der Waals surface area contributed by atoms with E-state index in [1.165, 1.54) is 28.1 Å². The van der Waals surface area contributed by atoms with Crippen LogP contribution in [0.15, 0.2) is 58.8 Å². The molecular formula is C23H26N2O5S2. The fraction of sp³-hybridized carbons (Fsp3) is 0.304. The molecule has 0 saturated carbocycles. The Bertz CT molecular complexity index is 1160. The molecule has 0 bridgehead atoms. The van der Waals surface area contributed by atoms with E-state index in [9.17, 15) is 8.42 Å². The van der Waals surface area contributed by atoms with Crippen molar-refractivity contribution in [3.05, 3.63) is 69.9 Å². The Balaban J connectivity index is 1.52. The van der Waals surface area contributed by atoms with Crippen molar-refractivity contribution in [2.24, 2.45) is 5.14 Å². The first-order chi connectivity index (χ1) is 15.4. The number of sulfonamides is 1. The summed E-state index contributed by atoms with van der Waals surface area (Å²) in [4.78, 5) is 3.73. The first-order valence-electron chi connectivity index (χ1n) is 10.2. The van der Waals surface area contributed by atoms with E-state index in [2.05, 4.69) is 34.5 Å². The van der Waals surface area contributed by atoms with Crippen LogP contribution < -0.4 is 19.3 Å². The van der Waals surface area contributed by atoms with Crippen LogP contribution in [0.5, 0.6) is 17.2 Å². The number of nitrogens with zero attached hydrogens (tertiary/aromatic N) is 1. The lowest BCUT2D eigenvalue weighted by Crippen LogP contribution is -2.38. The highest BCUT2D eigenvalue weighted by molar-refractivity contribution is 7.89. The Kier molecular flexibility index (Phi) is 6.71. The van der Waals surface area contributed by atoms with Crippen molar-refractivity contribution in [2.75, 3.05) is 33.9 Å². The van der Waals surface area contributed by atoms with Crippen LogP contribution in [0.25, 0.3) is 0 Å². The molecular weight excluding hydrogens is 448 g/mol. The molecule has 1 unspecified atom stereocenters. The second-order valence-electron chi connectivity index (χ2n) is 7.47. The summed E-state index contributed by atoms with van der Waals surface area (Å²) in [6.45, 7) is 2.07. The van der Waals surface area contributed by atoms with Gasteiger partial charge in [0, 0.05) is 18.0 Å². The molecule has 1 aliphatic heterocycles. The van der Waals surface area contributed by atoms with Crippen LogP contribution in [0.1, 0.15) is 22.0 Å². The molecule has 1 aromatic heterocycles. The van der Waals surface area contributed by atoms with E-state index in [0.717, 1.165) is 24.5 Å². The second kappa shape index (κ2) is 9.50. The number of primary sulfonamides is 1. The molecule has 0 amide bonds. The van der Waals surface area contributed by atoms with Gasteiger partial charge in [0.05, 0.1) is 25.2 Å². The summed E-state index contributed by atoms with van der Waals surface area (Å²) < 4.78 is 39.8. The fourth-order valence-electron chi connectivity index (χ4n) is 4.02. The molecule has 0 fully saturated rings. The van der Waals surface area contributed by atoms with Crippen LogP contribution in [0.3, 0.4) is 0 Å². The summed E-state index contributed by atoms with van der Waals surface area (Å²) in [6.07, 6.45) is 0.903. The third-order valence-corrected chi connectivity index (χ3v) is 7.44. The maximum atomic E-state index is 11.4. The standard InChI is InChI=1S/C23H26N2O5S2/c1-28-20-14-16-9-10-25(11-12-30-17-5-7-18(8-6-17)32(24,26)27)23(22-4-3-13-31-22)19(16)15-21(20)29-2/h3-8,13-15,23H,9-12H2,1-2H3,(H2,24,26,27). The van der Waals surface area contributed by atoms with Gasteiger partial charge in [-0.3, -0.25) is 4.90 Å². The summed E-state index contributed by atoms with van der Waals surface area (Å²) >= 11 is 1.73. The smallest absolute Gasteiger partial charge is 0.238 e. The quantitative estimate of drug-likeness (QED) is 0.538. The normalized spacial score (nSPS) is 16.4. The number of fused-ring (bicyclic) bond motifs is 1. The monoisotopic (exact) mass is 474 g/mol. The van der Waals surface area contributed by atoms with E-state index in [0.29, 0.717) is 18.9 Å². The highest BCUT2D eigenvalue weighted by Gasteiger charge is 2.31. The third kappa shape index (κ3) is 4.75. The van der Waals surface area contributed by atoms with Crippen LogP contribution in [0.2, 0.25) is 0 Å². The summed E-state index contributed by atoms with van der Waals surface area (Å²) in [5.74, 6) is 2.07. The highest BCUT2D eigenvalue weighted by atomic mass is 32.2. The van der Waals surface area contributed by atoms with Gasteiger partial charge in [-0.15, -0.1) is 11.3 Å². The highest BCUT2D eigenvalue weighted by Crippen LogP contribution is 2.42. The number of rotatable bonds is 8. The lowest BCUT2D eigenvalue weighted by Gasteiger charge is -2.37. The van der Waals surface area contributed by atoms with Gasteiger partial charge in [-0.2, -0.15) is 0 Å². The molecule has 0 aliphatic carbocycles. The predicted octanol–water partition coefficient (Wildman–Crippen LogP) is 3.44. The Morgan fingerprint density at radius 2 is 1.81 bits per heavy atom. The van der Waals surface area contributed by atoms with Crippen molar-refractivity contribution in [1.82, 2.24) is 4.90 Å². The van der Waals surface area contributed by atoms with Crippen molar-refractivity contribution < 1.29 is 22.6 Å². The van der Waals surface area contributed by atoms with E-state index in [1.54, 1.807) is 37.7 Å². The Morgan fingerprint density at radius 1 is 1.09 bits per heavy atom. The van der Waals surface area contributed by atoms with Crippen molar-refractivity contribution in [2.45, 2.75) is 17.4 Å². The topological polar surface area (TPSA) is 91.1 Å². The molecule has 2 N–H and O–H groups in total. The Hall–Kier alpha value is -2.59. The zero-order chi connectivity index (χ0) is 22.7. The number of benzene rings is 2. The molecule has 0 saturated heterocycles. The number of methoxy groups -OCH3 is 2. The van der Waals surface area contributed by atoms with Crippen molar-refractivity contribution >= 4 is 21.4 Å². The van der Waals surface area contributed by atoms with Crippen molar-refractivity contribution in [1.29, 1.82) is 0 Å². The van der Waals surface area contributed by atoms with Gasteiger partial charge in [-0.1, -0.05) is 6.07 Å². The number of thiophene rings is 1. The molecule has 170 valence electrons. The molecule has 3 aromatic rings. The van der Waals surface area contributed by atoms with Crippen LogP contribution in [0, 0.1) is 0 Å². The maximum absolute atomic E-state index is 11.4. The molecule has 0 radical (unpaired) electrons. The van der Waals surface area contributed by atoms with Gasteiger partial charge in [0.2, 0.25) is 10.0 Å². The zero-order valence-corrected chi connectivity index (χ0v) is 19.6. The molecule has 0 spiro atoms. The SMILES string of the molecule is COc1cc2c(cc1OC)C(c1cccs1)N(CCOc1ccc(S(N)(=O)=O)cc1)CC2. The van der Waals surface area contributed by atoms with E-state index < -0.39 is 10.0 Å². The lowest BCUT2D eigenvalue weighted by molar-refractivity contribution is 0.171. The number of ether oxygens (including phenoxy) is 3. The number of hydrogen-bond donors (Lipinski definition) is 1. The average Bonchev–Trinajstić information content (AvgIpc) is 3.32. The van der Waals surface area contributed by atoms with Gasteiger partial charge in [0.25, 0.3) is 0 Å². The summed E-state index contributed by atoms with van der Waals surface area (Å²) in [5, 5.41) is 7.24. The first kappa shape index (κ1) is 22.6. The maximum Gasteiger partial charge on any atom is 0.238 e. The second-order valence-corrected chi connectivity index (χ2v) is 10.0. The van der Waals surface area contributed by atoms with Crippen LogP contribution >= 0.6 is 11.3 Å². The minimum atomic E-state index is -3.71. The molecule has 7 nitrogen and oxygen atoms in total. The van der Waals surface area contributed by atoms with Crippen LogP contribution in [-0.2, 0) is 16.4 Å². The van der Waals surface area contributed by atoms with Gasteiger partial charge in [0.15, 0.2) is 11.5 Å².